The highest BCUT2D eigenvalue weighted by molar-refractivity contribution is 7.92. The number of nitrogens with zero attached hydrogens (tertiary/aromatic N) is 2. The summed E-state index contributed by atoms with van der Waals surface area (Å²) in [5, 5.41) is 2.91. The lowest BCUT2D eigenvalue weighted by Crippen LogP contribution is -2.77. The Balaban J connectivity index is 1.13. The van der Waals surface area contributed by atoms with Gasteiger partial charge in [0.1, 0.15) is 6.61 Å². The van der Waals surface area contributed by atoms with Crippen LogP contribution in [0.4, 0.5) is 18.0 Å². The molecule has 4 fully saturated rings. The fourth-order valence-corrected chi connectivity index (χ4v) is 6.72. The Kier molecular flexibility index (Phi) is 5.40. The number of halogens is 3. The van der Waals surface area contributed by atoms with Crippen LogP contribution in [-0.2, 0) is 25.8 Å². The highest BCUT2D eigenvalue weighted by atomic mass is 32.2. The third-order valence-electron chi connectivity index (χ3n) is 7.44. The smallest absolute Gasteiger partial charge is 0.369 e. The van der Waals surface area contributed by atoms with E-state index in [1.54, 1.807) is 15.9 Å². The quantitative estimate of drug-likeness (QED) is 0.683. The lowest BCUT2D eigenvalue weighted by Gasteiger charge is -2.56. The maximum Gasteiger partial charge on any atom is 0.501 e. The van der Waals surface area contributed by atoms with Gasteiger partial charge in [0.2, 0.25) is 5.91 Å². The first kappa shape index (κ1) is 23.4. The Morgan fingerprint density at radius 3 is 2.56 bits per heavy atom. The van der Waals surface area contributed by atoms with E-state index < -0.39 is 25.8 Å². The molecule has 3 aliphatic heterocycles. The van der Waals surface area contributed by atoms with Crippen LogP contribution in [0.15, 0.2) is 29.2 Å². The molecule has 1 N–H and O–H groups in total. The van der Waals surface area contributed by atoms with Gasteiger partial charge in [-0.25, -0.2) is 13.2 Å². The molecule has 0 radical (unpaired) electrons. The SMILES string of the molecule is O=C1COCC2(CN(C(=O)N3CC4(CC[C@@H](Cc5cccc(S(=O)(=O)C(F)(F)F)c5)C4)C3)C2)N1. The molecular formula is C22H26F3N3O5S. The average molecular weight is 502 g/mol. The van der Waals surface area contributed by atoms with Crippen molar-refractivity contribution in [2.45, 2.75) is 41.6 Å². The number of alkyl halides is 3. The molecular weight excluding hydrogens is 475 g/mol. The molecule has 0 aromatic heterocycles. The van der Waals surface area contributed by atoms with E-state index in [0.29, 0.717) is 44.8 Å². The highest BCUT2D eigenvalue weighted by Gasteiger charge is 2.54. The van der Waals surface area contributed by atoms with Crippen LogP contribution in [0.2, 0.25) is 0 Å². The minimum Gasteiger partial charge on any atom is -0.369 e. The van der Waals surface area contributed by atoms with E-state index in [1.165, 1.54) is 6.07 Å². The van der Waals surface area contributed by atoms with Gasteiger partial charge in [0.05, 0.1) is 17.0 Å². The van der Waals surface area contributed by atoms with E-state index in [2.05, 4.69) is 5.32 Å². The molecule has 1 saturated carbocycles. The Labute approximate surface area is 195 Å². The van der Waals surface area contributed by atoms with Gasteiger partial charge in [0.15, 0.2) is 0 Å². The Bertz CT molecular complexity index is 1110. The second kappa shape index (κ2) is 7.84. The van der Waals surface area contributed by atoms with Crippen LogP contribution in [0, 0.1) is 11.3 Å². The van der Waals surface area contributed by atoms with Crippen LogP contribution in [-0.4, -0.2) is 80.6 Å². The number of hydrogen-bond acceptors (Lipinski definition) is 5. The Morgan fingerprint density at radius 1 is 1.18 bits per heavy atom. The number of nitrogens with one attached hydrogen (secondary N) is 1. The molecule has 1 aromatic rings. The van der Waals surface area contributed by atoms with Gasteiger partial charge in [-0.1, -0.05) is 12.1 Å². The minimum absolute atomic E-state index is 0.0146. The molecule has 12 heteroatoms. The molecule has 34 heavy (non-hydrogen) atoms. The van der Waals surface area contributed by atoms with Crippen molar-refractivity contribution in [1.29, 1.82) is 0 Å². The number of urea groups is 1. The van der Waals surface area contributed by atoms with Gasteiger partial charge >= 0.3 is 11.5 Å². The van der Waals surface area contributed by atoms with E-state index in [-0.39, 0.29) is 29.9 Å². The second-order valence-corrected chi connectivity index (χ2v) is 12.2. The van der Waals surface area contributed by atoms with Crippen LogP contribution in [0.3, 0.4) is 0 Å². The summed E-state index contributed by atoms with van der Waals surface area (Å²) in [5.41, 5.74) is -5.21. The van der Waals surface area contributed by atoms with E-state index in [1.807, 2.05) is 0 Å². The number of hydrogen-bond donors (Lipinski definition) is 1. The van der Waals surface area contributed by atoms with Crippen LogP contribution in [0.25, 0.3) is 0 Å². The van der Waals surface area contributed by atoms with Crippen molar-refractivity contribution in [3.63, 3.8) is 0 Å². The summed E-state index contributed by atoms with van der Waals surface area (Å²) in [6.07, 6.45) is 3.16. The van der Waals surface area contributed by atoms with Crippen molar-refractivity contribution in [1.82, 2.24) is 15.1 Å². The first-order valence-corrected chi connectivity index (χ1v) is 12.7. The highest BCUT2D eigenvalue weighted by Crippen LogP contribution is 2.49. The fraction of sp³-hybridized carbons (Fsp3) is 0.636. The number of amides is 3. The number of carbonyl (C=O) groups is 2. The normalized spacial score (nSPS) is 25.7. The second-order valence-electron chi connectivity index (χ2n) is 10.2. The molecule has 1 aromatic carbocycles. The number of ether oxygens (including phenoxy) is 1. The first-order valence-electron chi connectivity index (χ1n) is 11.2. The van der Waals surface area contributed by atoms with Gasteiger partial charge < -0.3 is 19.9 Å². The predicted octanol–water partition coefficient (Wildman–Crippen LogP) is 1.95. The molecule has 3 amide bonds. The maximum absolute atomic E-state index is 12.9. The molecule has 5 rings (SSSR count). The van der Waals surface area contributed by atoms with Crippen molar-refractivity contribution in [3.05, 3.63) is 29.8 Å². The molecule has 2 spiro atoms. The zero-order valence-corrected chi connectivity index (χ0v) is 19.3. The van der Waals surface area contributed by atoms with Gasteiger partial charge in [-0.2, -0.15) is 13.2 Å². The van der Waals surface area contributed by atoms with Crippen molar-refractivity contribution in [2.75, 3.05) is 39.4 Å². The van der Waals surface area contributed by atoms with Gasteiger partial charge in [-0.15, -0.1) is 0 Å². The van der Waals surface area contributed by atoms with Crippen molar-refractivity contribution < 1.29 is 35.9 Å². The van der Waals surface area contributed by atoms with Crippen molar-refractivity contribution >= 4 is 21.8 Å². The van der Waals surface area contributed by atoms with E-state index >= 15 is 0 Å². The van der Waals surface area contributed by atoms with Gasteiger partial charge in [-0.3, -0.25) is 4.79 Å². The zero-order valence-electron chi connectivity index (χ0n) is 18.4. The summed E-state index contributed by atoms with van der Waals surface area (Å²) in [5.74, 6) is 0.0581. The molecule has 4 aliphatic rings. The predicted molar refractivity (Wildman–Crippen MR) is 113 cm³/mol. The number of sulfone groups is 1. The maximum atomic E-state index is 12.9. The molecule has 1 atom stereocenters. The van der Waals surface area contributed by atoms with Crippen LogP contribution in [0.5, 0.6) is 0 Å². The standard InChI is InChI=1S/C22H26F3N3O5S/c23-22(24,25)34(31,32)17-3-1-2-15(7-17)6-16-4-5-20(8-16)10-27(11-20)19(30)28-12-21(13-28)14-33-9-18(29)26-21/h1-3,7,16H,4-6,8-14H2,(H,26,29)/t16-/m0/s1. The summed E-state index contributed by atoms with van der Waals surface area (Å²) >= 11 is 0. The average Bonchev–Trinajstić information content (AvgIpc) is 3.14. The summed E-state index contributed by atoms with van der Waals surface area (Å²) in [4.78, 5) is 27.1. The number of rotatable bonds is 3. The Morgan fingerprint density at radius 2 is 1.88 bits per heavy atom. The lowest BCUT2D eigenvalue weighted by molar-refractivity contribution is -0.142. The van der Waals surface area contributed by atoms with Crippen molar-refractivity contribution in [3.8, 4) is 0 Å². The van der Waals surface area contributed by atoms with Gasteiger partial charge in [0, 0.05) is 31.6 Å². The van der Waals surface area contributed by atoms with Crippen molar-refractivity contribution in [2.24, 2.45) is 11.3 Å². The molecule has 1 aliphatic carbocycles. The number of likely N-dealkylation sites (tertiary alicyclic amines) is 2. The third-order valence-corrected chi connectivity index (χ3v) is 8.92. The van der Waals surface area contributed by atoms with Gasteiger partial charge in [-0.05, 0) is 49.3 Å². The minimum atomic E-state index is -5.36. The molecule has 0 bridgehead atoms. The lowest BCUT2D eigenvalue weighted by atomic mass is 9.77. The largest absolute Gasteiger partial charge is 0.501 e. The summed E-state index contributed by atoms with van der Waals surface area (Å²) in [6.45, 7) is 2.59. The number of benzene rings is 1. The number of morpholine rings is 1. The zero-order chi connectivity index (χ0) is 24.4. The molecule has 186 valence electrons. The Hall–Kier alpha value is -2.34. The monoisotopic (exact) mass is 501 g/mol. The van der Waals surface area contributed by atoms with E-state index in [0.717, 1.165) is 31.4 Å². The van der Waals surface area contributed by atoms with Crippen LogP contribution in [0.1, 0.15) is 24.8 Å². The van der Waals surface area contributed by atoms with Crippen LogP contribution < -0.4 is 5.32 Å². The topological polar surface area (TPSA) is 96.0 Å². The summed E-state index contributed by atoms with van der Waals surface area (Å²) in [6, 6.07) is 5.05. The molecule has 3 saturated heterocycles. The molecule has 8 nitrogen and oxygen atoms in total. The van der Waals surface area contributed by atoms with E-state index in [4.69, 9.17) is 4.74 Å². The molecule has 0 unspecified atom stereocenters. The number of carbonyl (C=O) groups excluding carboxylic acids is 2. The fourth-order valence-electron chi connectivity index (χ4n) is 5.89. The third kappa shape index (κ3) is 4.04. The van der Waals surface area contributed by atoms with E-state index in [9.17, 15) is 31.2 Å². The molecule has 3 heterocycles. The summed E-state index contributed by atoms with van der Waals surface area (Å²) in [7, 11) is -5.36. The van der Waals surface area contributed by atoms with Gasteiger partial charge in [0.25, 0.3) is 9.84 Å². The summed E-state index contributed by atoms with van der Waals surface area (Å²) < 4.78 is 67.3. The first-order chi connectivity index (χ1) is 15.9. The van der Waals surface area contributed by atoms with Crippen LogP contribution >= 0.6 is 0 Å².